The van der Waals surface area contributed by atoms with Crippen molar-refractivity contribution in [3.63, 3.8) is 0 Å². The zero-order valence-electron chi connectivity index (χ0n) is 18.9. The van der Waals surface area contributed by atoms with Crippen molar-refractivity contribution < 1.29 is 33.3 Å². The van der Waals surface area contributed by atoms with Gasteiger partial charge in [-0.15, -0.1) is 0 Å². The van der Waals surface area contributed by atoms with Crippen molar-refractivity contribution in [1.29, 1.82) is 0 Å². The van der Waals surface area contributed by atoms with Crippen LogP contribution in [-0.4, -0.2) is 58.1 Å². The van der Waals surface area contributed by atoms with Crippen LogP contribution in [0.15, 0.2) is 35.3 Å². The van der Waals surface area contributed by atoms with E-state index in [1.54, 1.807) is 31.2 Å². The molecule has 4 atom stereocenters. The summed E-state index contributed by atoms with van der Waals surface area (Å²) in [4.78, 5) is 51.7. The summed E-state index contributed by atoms with van der Waals surface area (Å²) in [5.74, 6) is -0.840. The number of hydrogen-bond acceptors (Lipinski definition) is 9. The second-order valence-corrected chi connectivity index (χ2v) is 8.59. The lowest BCUT2D eigenvalue weighted by molar-refractivity contribution is -0.153. The number of nitrogens with one attached hydrogen (secondary N) is 1. The molecule has 1 fully saturated rings. The SMILES string of the molecule is COc1ccc(C(=O)Nc2nc(=O)n([C@@H]3O[C@H](COC(C)=O)[C@H](Br)[C@H]3OC(C)=O)cc2C)cc1. The molecule has 1 aromatic heterocycles. The molecule has 2 heterocycles. The maximum absolute atomic E-state index is 12.9. The molecule has 1 aliphatic heterocycles. The van der Waals surface area contributed by atoms with Gasteiger partial charge in [-0.2, -0.15) is 4.98 Å². The molecule has 1 amide bonds. The number of rotatable bonds is 7. The number of esters is 2. The van der Waals surface area contributed by atoms with E-state index < -0.39 is 46.8 Å². The highest BCUT2D eigenvalue weighted by molar-refractivity contribution is 9.09. The van der Waals surface area contributed by atoms with Gasteiger partial charge in [-0.1, -0.05) is 15.9 Å². The Labute approximate surface area is 203 Å². The van der Waals surface area contributed by atoms with Crippen LogP contribution in [0.3, 0.4) is 0 Å². The molecule has 0 aliphatic carbocycles. The molecule has 0 saturated carbocycles. The number of carbonyl (C=O) groups excluding carboxylic acids is 3. The maximum atomic E-state index is 12.9. The molecule has 34 heavy (non-hydrogen) atoms. The Hall–Kier alpha value is -3.25. The molecular weight excluding hydrogens is 514 g/mol. The Morgan fingerprint density at radius 1 is 1.18 bits per heavy atom. The van der Waals surface area contributed by atoms with Gasteiger partial charge in [0, 0.05) is 31.2 Å². The van der Waals surface area contributed by atoms with E-state index in [4.69, 9.17) is 18.9 Å². The number of ether oxygens (including phenoxy) is 4. The van der Waals surface area contributed by atoms with Crippen molar-refractivity contribution in [3.05, 3.63) is 52.1 Å². The van der Waals surface area contributed by atoms with Crippen LogP contribution in [-0.2, 0) is 23.8 Å². The van der Waals surface area contributed by atoms with Gasteiger partial charge in [0.1, 0.15) is 24.3 Å². The highest BCUT2D eigenvalue weighted by Crippen LogP contribution is 2.36. The standard InChI is InChI=1S/C22H24BrN3O8/c1-11-9-26(21-18(33-13(3)28)17(23)16(34-21)10-32-12(2)27)22(30)25-19(11)24-20(29)14-5-7-15(31-4)8-6-14/h5-9,16-18,21H,10H2,1-4H3,(H,24,25,29,30)/t16-,17+,18-,21-/m1/s1. The van der Waals surface area contributed by atoms with E-state index in [9.17, 15) is 19.2 Å². The van der Waals surface area contributed by atoms with Crippen molar-refractivity contribution >= 4 is 39.6 Å². The average molecular weight is 538 g/mol. The lowest BCUT2D eigenvalue weighted by atomic mass is 10.2. The van der Waals surface area contributed by atoms with Crippen molar-refractivity contribution in [2.45, 2.75) is 44.0 Å². The molecule has 1 aromatic carbocycles. The number of amides is 1. The third-order valence-corrected chi connectivity index (χ3v) is 6.12. The molecule has 0 bridgehead atoms. The number of benzene rings is 1. The average Bonchev–Trinajstić information content (AvgIpc) is 3.09. The summed E-state index contributed by atoms with van der Waals surface area (Å²) in [6.07, 6.45) is -1.15. The van der Waals surface area contributed by atoms with Gasteiger partial charge in [-0.05, 0) is 31.2 Å². The smallest absolute Gasteiger partial charge is 0.351 e. The third-order valence-electron chi connectivity index (χ3n) is 5.01. The summed E-state index contributed by atoms with van der Waals surface area (Å²) in [6.45, 7) is 4.05. The monoisotopic (exact) mass is 537 g/mol. The first-order chi connectivity index (χ1) is 16.1. The summed E-state index contributed by atoms with van der Waals surface area (Å²) in [5, 5.41) is 2.62. The minimum Gasteiger partial charge on any atom is -0.497 e. The quantitative estimate of drug-likeness (QED) is 0.415. The first-order valence-corrected chi connectivity index (χ1v) is 11.2. The minimum absolute atomic E-state index is 0.0796. The molecular formula is C22H24BrN3O8. The lowest BCUT2D eigenvalue weighted by Crippen LogP contribution is -2.37. The number of methoxy groups -OCH3 is 1. The molecule has 2 aromatic rings. The predicted octanol–water partition coefficient (Wildman–Crippen LogP) is 1.97. The Morgan fingerprint density at radius 2 is 1.85 bits per heavy atom. The molecule has 1 aliphatic rings. The number of anilines is 1. The number of nitrogens with zero attached hydrogens (tertiary/aromatic N) is 2. The van der Waals surface area contributed by atoms with E-state index in [0.29, 0.717) is 16.9 Å². The predicted molar refractivity (Wildman–Crippen MR) is 123 cm³/mol. The Morgan fingerprint density at radius 3 is 2.44 bits per heavy atom. The van der Waals surface area contributed by atoms with Crippen LogP contribution in [0.5, 0.6) is 5.75 Å². The van der Waals surface area contributed by atoms with Crippen molar-refractivity contribution in [2.75, 3.05) is 19.0 Å². The van der Waals surface area contributed by atoms with E-state index >= 15 is 0 Å². The zero-order valence-corrected chi connectivity index (χ0v) is 20.5. The van der Waals surface area contributed by atoms with Crippen LogP contribution in [0.2, 0.25) is 0 Å². The molecule has 1 saturated heterocycles. The lowest BCUT2D eigenvalue weighted by Gasteiger charge is -2.22. The molecule has 0 radical (unpaired) electrons. The van der Waals surface area contributed by atoms with Gasteiger partial charge in [0.05, 0.1) is 11.9 Å². The highest BCUT2D eigenvalue weighted by Gasteiger charge is 2.47. The van der Waals surface area contributed by atoms with E-state index in [0.717, 1.165) is 0 Å². The van der Waals surface area contributed by atoms with Gasteiger partial charge in [-0.3, -0.25) is 19.0 Å². The fourth-order valence-corrected chi connectivity index (χ4v) is 4.01. The van der Waals surface area contributed by atoms with Crippen molar-refractivity contribution in [2.24, 2.45) is 0 Å². The second-order valence-electron chi connectivity index (χ2n) is 7.53. The number of aromatic nitrogens is 2. The molecule has 0 unspecified atom stereocenters. The molecule has 3 rings (SSSR count). The first-order valence-electron chi connectivity index (χ1n) is 10.3. The molecule has 0 spiro atoms. The number of halogens is 1. The van der Waals surface area contributed by atoms with E-state index in [1.807, 2.05) is 0 Å². The normalized spacial score (nSPS) is 21.6. The molecule has 12 heteroatoms. The van der Waals surface area contributed by atoms with Crippen LogP contribution < -0.4 is 15.7 Å². The summed E-state index contributed by atoms with van der Waals surface area (Å²) < 4.78 is 22.5. The summed E-state index contributed by atoms with van der Waals surface area (Å²) in [5.41, 5.74) is 0.0995. The van der Waals surface area contributed by atoms with Gasteiger partial charge in [-0.25, -0.2) is 4.79 Å². The van der Waals surface area contributed by atoms with E-state index in [-0.39, 0.29) is 12.4 Å². The highest BCUT2D eigenvalue weighted by atomic mass is 79.9. The van der Waals surface area contributed by atoms with Crippen LogP contribution in [0.25, 0.3) is 0 Å². The fourth-order valence-electron chi connectivity index (χ4n) is 3.37. The second kappa shape index (κ2) is 10.8. The largest absolute Gasteiger partial charge is 0.497 e. The number of alkyl halides is 1. The molecule has 182 valence electrons. The van der Waals surface area contributed by atoms with Gasteiger partial charge in [0.25, 0.3) is 5.91 Å². The molecule has 1 N–H and O–H groups in total. The Balaban J connectivity index is 1.85. The van der Waals surface area contributed by atoms with Gasteiger partial charge >= 0.3 is 17.6 Å². The van der Waals surface area contributed by atoms with Crippen LogP contribution in [0.4, 0.5) is 5.82 Å². The fraction of sp³-hybridized carbons (Fsp3) is 0.409. The maximum Gasteiger partial charge on any atom is 0.351 e. The summed E-state index contributed by atoms with van der Waals surface area (Å²) in [6, 6.07) is 6.45. The van der Waals surface area contributed by atoms with Crippen LogP contribution in [0, 0.1) is 6.92 Å². The minimum atomic E-state index is -1.03. The van der Waals surface area contributed by atoms with Crippen molar-refractivity contribution in [3.8, 4) is 5.75 Å². The first kappa shape index (κ1) is 25.4. The third kappa shape index (κ3) is 5.81. The Kier molecular flexibility index (Phi) is 8.05. The van der Waals surface area contributed by atoms with Crippen molar-refractivity contribution in [1.82, 2.24) is 9.55 Å². The number of carbonyl (C=O) groups is 3. The summed E-state index contributed by atoms with van der Waals surface area (Å²) in [7, 11) is 1.52. The van der Waals surface area contributed by atoms with Crippen LogP contribution >= 0.6 is 15.9 Å². The Bertz CT molecular complexity index is 1130. The summed E-state index contributed by atoms with van der Waals surface area (Å²) >= 11 is 3.42. The molecule has 11 nitrogen and oxygen atoms in total. The van der Waals surface area contributed by atoms with Gasteiger partial charge < -0.3 is 24.3 Å². The number of aryl methyl sites for hydroxylation is 1. The van der Waals surface area contributed by atoms with E-state index in [1.165, 1.54) is 31.7 Å². The van der Waals surface area contributed by atoms with E-state index in [2.05, 4.69) is 26.2 Å². The van der Waals surface area contributed by atoms with Crippen LogP contribution in [0.1, 0.15) is 36.0 Å². The topological polar surface area (TPSA) is 135 Å². The number of hydrogen-bond donors (Lipinski definition) is 1. The van der Waals surface area contributed by atoms with Gasteiger partial charge in [0.15, 0.2) is 12.3 Å². The zero-order chi connectivity index (χ0) is 25.0. The van der Waals surface area contributed by atoms with Gasteiger partial charge in [0.2, 0.25) is 0 Å².